The molecule has 0 aliphatic carbocycles. The Morgan fingerprint density at radius 2 is 1.05 bits per heavy atom. The normalized spacial score (nSPS) is 12.9. The van der Waals surface area contributed by atoms with Gasteiger partial charge in [0.15, 0.2) is 0 Å². The number of aliphatic hydroxyl groups is 1. The molecule has 0 saturated carbocycles. The topological polar surface area (TPSA) is 142 Å². The van der Waals surface area contributed by atoms with Crippen molar-refractivity contribution >= 4 is 23.8 Å². The monoisotopic (exact) mass is 787 g/mol. The molecule has 0 aromatic rings. The highest BCUT2D eigenvalue weighted by Gasteiger charge is 2.18. The smallest absolute Gasteiger partial charge is 0.328 e. The van der Waals surface area contributed by atoms with Gasteiger partial charge in [-0.25, -0.2) is 4.79 Å². The molecule has 0 rings (SSSR count). The van der Waals surface area contributed by atoms with Gasteiger partial charge < -0.3 is 25.6 Å². The number of allylic oxidation sites excluding steroid dienone is 7. The molecule has 2 unspecified atom stereocenters. The summed E-state index contributed by atoms with van der Waals surface area (Å²) >= 11 is 0. The van der Waals surface area contributed by atoms with Gasteiger partial charge in [-0.3, -0.25) is 14.4 Å². The Morgan fingerprint density at radius 1 is 0.554 bits per heavy atom. The number of ether oxygens (including phenoxy) is 1. The van der Waals surface area contributed by atoms with Gasteiger partial charge in [0.05, 0.1) is 13.2 Å². The van der Waals surface area contributed by atoms with Crippen molar-refractivity contribution in [3.05, 3.63) is 48.6 Å². The summed E-state index contributed by atoms with van der Waals surface area (Å²) in [5.41, 5.74) is 0. The van der Waals surface area contributed by atoms with Gasteiger partial charge in [0.2, 0.25) is 11.8 Å². The Kier molecular flexibility index (Phi) is 39.1. The third-order valence-corrected chi connectivity index (χ3v) is 9.76. The fraction of sp³-hybridized carbons (Fsp3) is 0.745. The van der Waals surface area contributed by atoms with Crippen LogP contribution >= 0.6 is 0 Å². The minimum absolute atomic E-state index is 0.133. The molecule has 0 aliphatic heterocycles. The number of esters is 1. The van der Waals surface area contributed by atoms with E-state index in [-0.39, 0.29) is 30.9 Å². The van der Waals surface area contributed by atoms with Crippen LogP contribution in [0.2, 0.25) is 0 Å². The van der Waals surface area contributed by atoms with E-state index in [2.05, 4.69) is 67.0 Å². The third-order valence-electron chi connectivity index (χ3n) is 9.76. The summed E-state index contributed by atoms with van der Waals surface area (Å²) in [5.74, 6) is -2.43. The molecule has 0 saturated heterocycles. The van der Waals surface area contributed by atoms with Gasteiger partial charge >= 0.3 is 11.9 Å². The number of hydrogen-bond donors (Lipinski definition) is 4. The first-order valence-electron chi connectivity index (χ1n) is 22.5. The summed E-state index contributed by atoms with van der Waals surface area (Å²) in [6.07, 6.45) is 49.0. The van der Waals surface area contributed by atoms with Crippen LogP contribution < -0.4 is 10.6 Å². The molecule has 4 N–H and O–H groups in total. The Balaban J connectivity index is 4.04. The van der Waals surface area contributed by atoms with E-state index in [1.807, 2.05) is 6.08 Å². The Labute approximate surface area is 341 Å². The van der Waals surface area contributed by atoms with Gasteiger partial charge in [0, 0.05) is 12.8 Å². The number of carboxylic acids is 1. The minimum atomic E-state index is -1.39. The number of hydrogen-bond acceptors (Lipinski definition) is 6. The number of unbranched alkanes of at least 4 members (excludes halogenated alkanes) is 20. The highest BCUT2D eigenvalue weighted by molar-refractivity contribution is 5.87. The first-order valence-corrected chi connectivity index (χ1v) is 22.5. The van der Waals surface area contributed by atoms with E-state index in [9.17, 15) is 19.2 Å². The molecule has 2 amide bonds. The quantitative estimate of drug-likeness (QED) is 0.0275. The molecule has 2 atom stereocenters. The fourth-order valence-electron chi connectivity index (χ4n) is 6.29. The number of carbonyl (C=O) groups excluding carboxylic acids is 3. The summed E-state index contributed by atoms with van der Waals surface area (Å²) in [6, 6.07) is -1.39. The van der Waals surface area contributed by atoms with Gasteiger partial charge in [0.1, 0.15) is 12.1 Å². The van der Waals surface area contributed by atoms with Crippen molar-refractivity contribution in [3.63, 3.8) is 0 Å². The second-order valence-corrected chi connectivity index (χ2v) is 15.1. The van der Waals surface area contributed by atoms with Crippen molar-refractivity contribution in [2.75, 3.05) is 13.2 Å². The molecule has 0 heterocycles. The van der Waals surface area contributed by atoms with Crippen LogP contribution in [0.1, 0.15) is 200 Å². The molecule has 0 spiro atoms. The number of amides is 2. The Morgan fingerprint density at radius 3 is 1.61 bits per heavy atom. The van der Waals surface area contributed by atoms with Gasteiger partial charge in [-0.05, 0) is 76.7 Å². The molecule has 56 heavy (non-hydrogen) atoms. The van der Waals surface area contributed by atoms with Crippen LogP contribution in [0.25, 0.3) is 0 Å². The lowest BCUT2D eigenvalue weighted by atomic mass is 10.0. The lowest BCUT2D eigenvalue weighted by molar-refractivity contribution is -0.147. The van der Waals surface area contributed by atoms with Crippen LogP contribution in [0, 0.1) is 0 Å². The van der Waals surface area contributed by atoms with Gasteiger partial charge in [-0.1, -0.05) is 159 Å². The Hall–Kier alpha value is -3.20. The van der Waals surface area contributed by atoms with Crippen molar-refractivity contribution in [2.24, 2.45) is 0 Å². The van der Waals surface area contributed by atoms with Crippen molar-refractivity contribution < 1.29 is 34.1 Å². The summed E-state index contributed by atoms with van der Waals surface area (Å²) in [6.45, 7) is 3.35. The van der Waals surface area contributed by atoms with Crippen molar-refractivity contribution in [1.82, 2.24) is 10.6 Å². The molecule has 0 aromatic carbocycles. The summed E-state index contributed by atoms with van der Waals surface area (Å²) in [4.78, 5) is 47.4. The standard InChI is InChI=1S/C47H82N2O7/c1-3-5-7-9-11-12-13-14-15-16-17-18-19-20-21-22-23-24-25-26-27-29-35-39-46(53)56-42(36-32-28-10-8-6-4-2)37-33-30-31-34-38-44(51)48-40-45(52)49-43(41-50)47(54)55/h8,10,13-14,16-17,32,36,42-43,50H,3-7,9,11-12,15,18-31,33-35,37-41H2,1-2H3,(H,48,51)(H,49,52)(H,54,55)/b10-8-,14-13-,17-16-,36-32-. The van der Waals surface area contributed by atoms with E-state index in [1.54, 1.807) is 0 Å². The lowest BCUT2D eigenvalue weighted by Gasteiger charge is -2.15. The van der Waals surface area contributed by atoms with E-state index in [0.717, 1.165) is 64.2 Å². The molecule has 0 radical (unpaired) electrons. The molecular weight excluding hydrogens is 705 g/mol. The number of aliphatic carboxylic acids is 1. The fourth-order valence-corrected chi connectivity index (χ4v) is 6.29. The van der Waals surface area contributed by atoms with E-state index in [1.165, 1.54) is 103 Å². The van der Waals surface area contributed by atoms with Crippen molar-refractivity contribution in [2.45, 2.75) is 212 Å². The van der Waals surface area contributed by atoms with Gasteiger partial charge in [0.25, 0.3) is 0 Å². The first-order chi connectivity index (χ1) is 27.3. The molecule has 0 aliphatic rings. The maximum atomic E-state index is 12.7. The Bertz CT molecular complexity index is 1080. The lowest BCUT2D eigenvalue weighted by Crippen LogP contribution is -2.47. The first kappa shape index (κ1) is 52.8. The SMILES string of the molecule is CCC/C=C\C/C=C\C(CCCCCCC(=O)NCC(=O)NC(CO)C(=O)O)OC(=O)CCCCCCCCCCCCC/C=C\C/C=C\CCCCCCC. The van der Waals surface area contributed by atoms with Gasteiger partial charge in [-0.2, -0.15) is 0 Å². The second-order valence-electron chi connectivity index (χ2n) is 15.1. The number of nitrogens with one attached hydrogen (secondary N) is 2. The maximum Gasteiger partial charge on any atom is 0.328 e. The van der Waals surface area contributed by atoms with E-state index >= 15 is 0 Å². The average Bonchev–Trinajstić information content (AvgIpc) is 3.18. The molecule has 322 valence electrons. The summed E-state index contributed by atoms with van der Waals surface area (Å²) in [5, 5.41) is 22.5. The zero-order chi connectivity index (χ0) is 41.2. The summed E-state index contributed by atoms with van der Waals surface area (Å²) < 4.78 is 5.87. The molecule has 0 aromatic heterocycles. The molecule has 0 bridgehead atoms. The predicted octanol–water partition coefficient (Wildman–Crippen LogP) is 11.2. The van der Waals surface area contributed by atoms with E-state index in [4.69, 9.17) is 14.9 Å². The number of rotatable bonds is 40. The summed E-state index contributed by atoms with van der Waals surface area (Å²) in [7, 11) is 0. The average molecular weight is 787 g/mol. The molecule has 9 nitrogen and oxygen atoms in total. The number of carboxylic acid groups (broad SMARTS) is 1. The van der Waals surface area contributed by atoms with Crippen LogP contribution in [0.4, 0.5) is 0 Å². The highest BCUT2D eigenvalue weighted by atomic mass is 16.5. The van der Waals surface area contributed by atoms with Crippen LogP contribution in [0.3, 0.4) is 0 Å². The van der Waals surface area contributed by atoms with Crippen LogP contribution in [-0.2, 0) is 23.9 Å². The van der Waals surface area contributed by atoms with E-state index < -0.39 is 24.5 Å². The van der Waals surface area contributed by atoms with Crippen molar-refractivity contribution in [3.8, 4) is 0 Å². The molecule has 0 fully saturated rings. The van der Waals surface area contributed by atoms with E-state index in [0.29, 0.717) is 12.8 Å². The molecule has 9 heteroatoms. The largest absolute Gasteiger partial charge is 0.480 e. The van der Waals surface area contributed by atoms with Crippen LogP contribution in [0.5, 0.6) is 0 Å². The zero-order valence-corrected chi connectivity index (χ0v) is 35.6. The predicted molar refractivity (Wildman–Crippen MR) is 231 cm³/mol. The number of carbonyl (C=O) groups is 4. The zero-order valence-electron chi connectivity index (χ0n) is 35.6. The van der Waals surface area contributed by atoms with Crippen LogP contribution in [0.15, 0.2) is 48.6 Å². The number of aliphatic hydroxyl groups excluding tert-OH is 1. The van der Waals surface area contributed by atoms with Gasteiger partial charge in [-0.15, -0.1) is 0 Å². The highest BCUT2D eigenvalue weighted by Crippen LogP contribution is 2.16. The van der Waals surface area contributed by atoms with Crippen molar-refractivity contribution in [1.29, 1.82) is 0 Å². The third kappa shape index (κ3) is 37.7. The second kappa shape index (κ2) is 41.4. The van der Waals surface area contributed by atoms with Crippen LogP contribution in [-0.4, -0.2) is 59.3 Å². The molecular formula is C47H82N2O7. The maximum absolute atomic E-state index is 12.7. The minimum Gasteiger partial charge on any atom is -0.480 e.